The van der Waals surface area contributed by atoms with Crippen molar-refractivity contribution in [2.45, 2.75) is 76.7 Å². The van der Waals surface area contributed by atoms with E-state index in [2.05, 4.69) is 42.2 Å². The molecule has 0 saturated heterocycles. The molecular formula is C41H47Cl2NO6. The molecule has 9 heteroatoms. The summed E-state index contributed by atoms with van der Waals surface area (Å²) in [4.78, 5) is 40.1. The highest BCUT2D eigenvalue weighted by Gasteiger charge is 2.56. The maximum absolute atomic E-state index is 12.9. The van der Waals surface area contributed by atoms with Gasteiger partial charge >= 0.3 is 17.9 Å². The summed E-state index contributed by atoms with van der Waals surface area (Å²) in [6.45, 7) is 3.40. The first-order chi connectivity index (χ1) is 24.3. The monoisotopic (exact) mass is 719 g/mol. The van der Waals surface area contributed by atoms with E-state index >= 15 is 0 Å². The van der Waals surface area contributed by atoms with Gasteiger partial charge in [-0.3, -0.25) is 4.79 Å². The Hall–Kier alpha value is -3.55. The van der Waals surface area contributed by atoms with E-state index < -0.39 is 5.97 Å². The summed E-state index contributed by atoms with van der Waals surface area (Å²) >= 11 is 11.9. The molecule has 0 heterocycles. The molecule has 6 rings (SSSR count). The number of ether oxygens (including phenoxy) is 3. The van der Waals surface area contributed by atoms with Gasteiger partial charge in [-0.15, -0.1) is 23.2 Å². The zero-order valence-electron chi connectivity index (χ0n) is 28.8. The summed E-state index contributed by atoms with van der Waals surface area (Å²) in [6.07, 6.45) is 7.30. The third-order valence-electron chi connectivity index (χ3n) is 11.3. The molecule has 7 nitrogen and oxygen atoms in total. The van der Waals surface area contributed by atoms with E-state index in [0.29, 0.717) is 47.2 Å². The number of nitrogens with zero attached hydrogens (tertiary/aromatic N) is 1. The first kappa shape index (κ1) is 36.2. The number of anilines is 1. The molecule has 3 aliphatic rings. The van der Waals surface area contributed by atoms with Crippen LogP contribution in [0.1, 0.15) is 84.8 Å². The molecular weight excluding hydrogens is 673 g/mol. The predicted octanol–water partition coefficient (Wildman–Crippen LogP) is 8.52. The standard InChI is InChI=1S/C41H47Cl2NO6/c1-41-21-20-34-33-17-15-32(49-40(47)29-7-3-2-4-8-29)26-30(33)12-16-35(34)36(41)18-19-37(41)50-39(46)27-48-38(45)9-5-6-28-10-13-31(14-11-28)44(24-22-42)25-23-43/h2-4,7-8,10-11,13-15,17,26,34-37H,5-6,9,12,16,18-25,27H2,1H3/t34?,35?,36?,37-,41?/m0/s1. The molecule has 4 unspecified atom stereocenters. The number of carbonyl (C=O) groups is 3. The van der Waals surface area contributed by atoms with Crippen molar-refractivity contribution in [3.8, 4) is 5.75 Å². The lowest BCUT2D eigenvalue weighted by atomic mass is 9.55. The second-order valence-electron chi connectivity index (χ2n) is 14.2. The lowest BCUT2D eigenvalue weighted by Crippen LogP contribution is -2.45. The maximum Gasteiger partial charge on any atom is 0.344 e. The van der Waals surface area contributed by atoms with Gasteiger partial charge in [0.2, 0.25) is 0 Å². The number of alkyl halides is 2. The van der Waals surface area contributed by atoms with Crippen LogP contribution in [0.3, 0.4) is 0 Å². The van der Waals surface area contributed by atoms with E-state index in [-0.39, 0.29) is 36.5 Å². The van der Waals surface area contributed by atoms with E-state index in [1.165, 1.54) is 11.1 Å². The normalized spacial score (nSPS) is 23.6. The van der Waals surface area contributed by atoms with Crippen molar-refractivity contribution in [2.75, 3.05) is 36.4 Å². The van der Waals surface area contributed by atoms with Crippen molar-refractivity contribution in [3.05, 3.63) is 95.1 Å². The molecule has 0 radical (unpaired) electrons. The number of halogens is 2. The third-order valence-corrected chi connectivity index (χ3v) is 11.7. The van der Waals surface area contributed by atoms with Crippen LogP contribution >= 0.6 is 23.2 Å². The highest BCUT2D eigenvalue weighted by molar-refractivity contribution is 6.18. The van der Waals surface area contributed by atoms with E-state index in [0.717, 1.165) is 69.3 Å². The zero-order valence-corrected chi connectivity index (χ0v) is 30.3. The summed E-state index contributed by atoms with van der Waals surface area (Å²) in [5.74, 6) is 1.89. The fourth-order valence-electron chi connectivity index (χ4n) is 8.80. The average molecular weight is 721 g/mol. The molecule has 0 spiro atoms. The topological polar surface area (TPSA) is 82.1 Å². The van der Waals surface area contributed by atoms with Crippen molar-refractivity contribution in [1.82, 2.24) is 0 Å². The molecule has 3 aromatic rings. The van der Waals surface area contributed by atoms with Crippen LogP contribution in [0.5, 0.6) is 5.75 Å². The summed E-state index contributed by atoms with van der Waals surface area (Å²) < 4.78 is 17.1. The minimum absolute atomic E-state index is 0.0932. The molecule has 0 aliphatic heterocycles. The van der Waals surface area contributed by atoms with Gasteiger partial charge in [0, 0.05) is 42.4 Å². The van der Waals surface area contributed by atoms with Crippen LogP contribution in [0.4, 0.5) is 5.69 Å². The highest BCUT2D eigenvalue weighted by Crippen LogP contribution is 2.61. The van der Waals surface area contributed by atoms with Crippen LogP contribution in [-0.2, 0) is 31.9 Å². The van der Waals surface area contributed by atoms with E-state index in [1.54, 1.807) is 12.1 Å². The van der Waals surface area contributed by atoms with Crippen LogP contribution in [0, 0.1) is 17.3 Å². The average Bonchev–Trinajstić information content (AvgIpc) is 3.46. The quantitative estimate of drug-likeness (QED) is 0.0939. The molecule has 0 amide bonds. The number of hydrogen-bond donors (Lipinski definition) is 0. The van der Waals surface area contributed by atoms with Gasteiger partial charge < -0.3 is 19.1 Å². The summed E-state index contributed by atoms with van der Waals surface area (Å²) in [6, 6.07) is 23.4. The highest BCUT2D eigenvalue weighted by atomic mass is 35.5. The summed E-state index contributed by atoms with van der Waals surface area (Å²) in [5, 5.41) is 0. The molecule has 0 aromatic heterocycles. The number of esters is 3. The largest absolute Gasteiger partial charge is 0.459 e. The summed E-state index contributed by atoms with van der Waals surface area (Å²) in [7, 11) is 0. The van der Waals surface area contributed by atoms with Gasteiger partial charge in [-0.05, 0) is 122 Å². The van der Waals surface area contributed by atoms with Gasteiger partial charge in [0.1, 0.15) is 11.9 Å². The number of carbonyl (C=O) groups excluding carboxylic acids is 3. The van der Waals surface area contributed by atoms with Crippen molar-refractivity contribution >= 4 is 46.8 Å². The van der Waals surface area contributed by atoms with Crippen LogP contribution < -0.4 is 9.64 Å². The number of rotatable bonds is 14. The van der Waals surface area contributed by atoms with E-state index in [4.69, 9.17) is 37.4 Å². The SMILES string of the molecule is CC12CCC3c4ccc(OC(=O)c5ccccc5)cc4CCC3C1CC[C@@H]2OC(=O)COC(=O)CCCc1ccc(N(CCCl)CCCl)cc1. The Morgan fingerprint density at radius 1 is 0.880 bits per heavy atom. The molecule has 266 valence electrons. The zero-order chi connectivity index (χ0) is 35.1. The lowest BCUT2D eigenvalue weighted by Gasteiger charge is -2.50. The number of benzene rings is 3. The predicted molar refractivity (Wildman–Crippen MR) is 196 cm³/mol. The van der Waals surface area contributed by atoms with Gasteiger partial charge in [0.05, 0.1) is 5.56 Å². The van der Waals surface area contributed by atoms with Gasteiger partial charge in [-0.1, -0.05) is 43.3 Å². The fraction of sp³-hybridized carbons (Fsp3) is 0.488. The maximum atomic E-state index is 12.9. The summed E-state index contributed by atoms with van der Waals surface area (Å²) in [5.41, 5.74) is 5.28. The Labute approximate surface area is 305 Å². The number of fused-ring (bicyclic) bond motifs is 5. The Morgan fingerprint density at radius 3 is 2.38 bits per heavy atom. The Balaban J connectivity index is 0.952. The second kappa shape index (κ2) is 16.6. The molecule has 3 aliphatic carbocycles. The van der Waals surface area contributed by atoms with Gasteiger partial charge in [-0.25, -0.2) is 9.59 Å². The van der Waals surface area contributed by atoms with Crippen LogP contribution in [-0.4, -0.2) is 55.5 Å². The van der Waals surface area contributed by atoms with E-state index in [9.17, 15) is 14.4 Å². The molecule has 2 saturated carbocycles. The van der Waals surface area contributed by atoms with Crippen molar-refractivity contribution in [3.63, 3.8) is 0 Å². The second-order valence-corrected chi connectivity index (χ2v) is 14.9. The van der Waals surface area contributed by atoms with Crippen molar-refractivity contribution < 1.29 is 28.6 Å². The molecule has 5 atom stereocenters. The van der Waals surface area contributed by atoms with E-state index in [1.807, 2.05) is 30.3 Å². The van der Waals surface area contributed by atoms with Gasteiger partial charge in [0.15, 0.2) is 6.61 Å². The van der Waals surface area contributed by atoms with Gasteiger partial charge in [-0.2, -0.15) is 0 Å². The molecule has 50 heavy (non-hydrogen) atoms. The molecule has 0 N–H and O–H groups in total. The van der Waals surface area contributed by atoms with Crippen molar-refractivity contribution in [1.29, 1.82) is 0 Å². The fourth-order valence-corrected chi connectivity index (χ4v) is 9.20. The Kier molecular flexibility index (Phi) is 12.1. The minimum Gasteiger partial charge on any atom is -0.459 e. The number of aryl methyl sites for hydroxylation is 2. The Bertz CT molecular complexity index is 1630. The first-order valence-electron chi connectivity index (χ1n) is 18.0. The molecule has 0 bridgehead atoms. The van der Waals surface area contributed by atoms with Crippen LogP contribution in [0.2, 0.25) is 0 Å². The molecule has 2 fully saturated rings. The van der Waals surface area contributed by atoms with Crippen LogP contribution in [0.15, 0.2) is 72.8 Å². The third kappa shape index (κ3) is 8.32. The smallest absolute Gasteiger partial charge is 0.344 e. The van der Waals surface area contributed by atoms with Crippen molar-refractivity contribution in [2.24, 2.45) is 17.3 Å². The minimum atomic E-state index is -0.465. The number of hydrogen-bond acceptors (Lipinski definition) is 7. The van der Waals surface area contributed by atoms with Crippen LogP contribution in [0.25, 0.3) is 0 Å². The molecule has 3 aromatic carbocycles. The first-order valence-corrected chi connectivity index (χ1v) is 19.1. The lowest BCUT2D eigenvalue weighted by molar-refractivity contribution is -0.168. The van der Waals surface area contributed by atoms with Gasteiger partial charge in [0.25, 0.3) is 0 Å². The Morgan fingerprint density at radius 2 is 1.64 bits per heavy atom.